The summed E-state index contributed by atoms with van der Waals surface area (Å²) in [6, 6.07) is 0. The van der Waals surface area contributed by atoms with Crippen LogP contribution in [0.1, 0.15) is 17.1 Å². The number of aromatic nitrogens is 1. The molecular formula is C10H13N5OS. The van der Waals surface area contributed by atoms with Crippen LogP contribution in [0.3, 0.4) is 0 Å². The maximum atomic E-state index is 11.7. The van der Waals surface area contributed by atoms with E-state index in [9.17, 15) is 4.79 Å². The molecule has 17 heavy (non-hydrogen) atoms. The molecule has 6 nitrogen and oxygen atoms in total. The van der Waals surface area contributed by atoms with Gasteiger partial charge in [-0.15, -0.1) is 11.3 Å². The van der Waals surface area contributed by atoms with Gasteiger partial charge in [0.05, 0.1) is 17.2 Å². The summed E-state index contributed by atoms with van der Waals surface area (Å²) >= 11 is 1.59. The van der Waals surface area contributed by atoms with Crippen LogP contribution in [0, 0.1) is 12.8 Å². The predicted octanol–water partition coefficient (Wildman–Crippen LogP) is 2.11. The van der Waals surface area contributed by atoms with Crippen molar-refractivity contribution in [2.75, 3.05) is 13.1 Å². The minimum Gasteiger partial charge on any atom is -0.336 e. The first-order chi connectivity index (χ1) is 8.19. The summed E-state index contributed by atoms with van der Waals surface area (Å²) in [5, 5.41) is 6.51. The predicted molar refractivity (Wildman–Crippen MR) is 64.4 cm³/mol. The molecular weight excluding hydrogens is 238 g/mol. The lowest BCUT2D eigenvalue weighted by Gasteiger charge is -2.14. The minimum absolute atomic E-state index is 0.119. The molecule has 2 heterocycles. The van der Waals surface area contributed by atoms with Gasteiger partial charge in [0.1, 0.15) is 0 Å². The lowest BCUT2D eigenvalue weighted by atomic mass is 10.1. The van der Waals surface area contributed by atoms with Crippen LogP contribution in [0.25, 0.3) is 10.4 Å². The van der Waals surface area contributed by atoms with Gasteiger partial charge in [-0.3, -0.25) is 4.79 Å². The van der Waals surface area contributed by atoms with Gasteiger partial charge >= 0.3 is 0 Å². The molecule has 0 saturated carbocycles. The van der Waals surface area contributed by atoms with Crippen LogP contribution in [-0.4, -0.2) is 28.9 Å². The van der Waals surface area contributed by atoms with Gasteiger partial charge in [0.25, 0.3) is 0 Å². The normalized spacial score (nSPS) is 19.5. The molecule has 1 aliphatic heterocycles. The third kappa shape index (κ3) is 2.95. The number of nitrogens with zero attached hydrogens (tertiary/aromatic N) is 5. The van der Waals surface area contributed by atoms with E-state index in [0.29, 0.717) is 26.1 Å². The highest BCUT2D eigenvalue weighted by Crippen LogP contribution is 2.21. The van der Waals surface area contributed by atoms with Gasteiger partial charge in [-0.2, -0.15) is 0 Å². The van der Waals surface area contributed by atoms with Crippen molar-refractivity contribution in [1.82, 2.24) is 9.88 Å². The molecule has 1 saturated heterocycles. The Labute approximate surface area is 103 Å². The topological polar surface area (TPSA) is 82.0 Å². The van der Waals surface area contributed by atoms with Gasteiger partial charge < -0.3 is 4.90 Å². The number of carbonyl (C=O) groups is 1. The number of hydrogen-bond donors (Lipinski definition) is 0. The van der Waals surface area contributed by atoms with E-state index in [2.05, 4.69) is 15.0 Å². The second kappa shape index (κ2) is 5.16. The van der Waals surface area contributed by atoms with Gasteiger partial charge in [-0.1, -0.05) is 5.11 Å². The highest BCUT2D eigenvalue weighted by molar-refractivity contribution is 7.09. The van der Waals surface area contributed by atoms with Crippen molar-refractivity contribution < 1.29 is 4.79 Å². The molecule has 1 atom stereocenters. The SMILES string of the molecule is Cc1nc(CN2CC(CN=[N+]=[N-])CC2=O)cs1. The summed E-state index contributed by atoms with van der Waals surface area (Å²) in [4.78, 5) is 20.6. The zero-order chi connectivity index (χ0) is 12.3. The molecule has 1 aromatic rings. The Bertz CT molecular complexity index is 465. The van der Waals surface area contributed by atoms with Crippen LogP contribution in [0.5, 0.6) is 0 Å². The van der Waals surface area contributed by atoms with Crippen molar-refractivity contribution in [2.24, 2.45) is 11.0 Å². The van der Waals surface area contributed by atoms with E-state index in [1.54, 1.807) is 16.2 Å². The second-order valence-electron chi connectivity index (χ2n) is 4.12. The molecule has 1 amide bonds. The fourth-order valence-corrected chi connectivity index (χ4v) is 2.56. The number of thiazole rings is 1. The van der Waals surface area contributed by atoms with Crippen LogP contribution < -0.4 is 0 Å². The zero-order valence-corrected chi connectivity index (χ0v) is 10.4. The second-order valence-corrected chi connectivity index (χ2v) is 5.18. The average molecular weight is 251 g/mol. The summed E-state index contributed by atoms with van der Waals surface area (Å²) in [7, 11) is 0. The first-order valence-electron chi connectivity index (χ1n) is 5.38. The Morgan fingerprint density at radius 1 is 1.76 bits per heavy atom. The summed E-state index contributed by atoms with van der Waals surface area (Å²) in [6.45, 7) is 3.57. The van der Waals surface area contributed by atoms with Crippen LogP contribution in [0.15, 0.2) is 10.5 Å². The monoisotopic (exact) mass is 251 g/mol. The first-order valence-corrected chi connectivity index (χ1v) is 6.26. The van der Waals surface area contributed by atoms with E-state index in [0.717, 1.165) is 10.7 Å². The average Bonchev–Trinajstić information content (AvgIpc) is 2.84. The summed E-state index contributed by atoms with van der Waals surface area (Å²) < 4.78 is 0. The third-order valence-electron chi connectivity index (χ3n) is 2.72. The first kappa shape index (κ1) is 11.9. The highest BCUT2D eigenvalue weighted by Gasteiger charge is 2.29. The van der Waals surface area contributed by atoms with Crippen molar-refractivity contribution >= 4 is 17.2 Å². The molecule has 0 radical (unpaired) electrons. The Balaban J connectivity index is 1.94. The molecule has 1 aliphatic rings. The van der Waals surface area contributed by atoms with E-state index in [1.165, 1.54) is 0 Å². The molecule has 1 unspecified atom stereocenters. The van der Waals surface area contributed by atoms with Gasteiger partial charge in [0.15, 0.2) is 0 Å². The van der Waals surface area contributed by atoms with Crippen molar-refractivity contribution in [3.63, 3.8) is 0 Å². The van der Waals surface area contributed by atoms with E-state index >= 15 is 0 Å². The Hall–Kier alpha value is -1.59. The van der Waals surface area contributed by atoms with Crippen molar-refractivity contribution in [3.05, 3.63) is 26.5 Å². The summed E-state index contributed by atoms with van der Waals surface area (Å²) in [5.74, 6) is 0.270. The number of aryl methyl sites for hydroxylation is 1. The van der Waals surface area contributed by atoms with Crippen molar-refractivity contribution in [2.45, 2.75) is 19.9 Å². The molecule has 0 bridgehead atoms. The maximum Gasteiger partial charge on any atom is 0.223 e. The van der Waals surface area contributed by atoms with E-state index < -0.39 is 0 Å². The Kier molecular flexibility index (Phi) is 3.61. The molecule has 0 spiro atoms. The van der Waals surface area contributed by atoms with Crippen LogP contribution in [0.4, 0.5) is 0 Å². The molecule has 1 fully saturated rings. The van der Waals surface area contributed by atoms with Gasteiger partial charge in [0, 0.05) is 29.8 Å². The lowest BCUT2D eigenvalue weighted by molar-refractivity contribution is -0.128. The van der Waals surface area contributed by atoms with E-state index in [-0.39, 0.29) is 11.8 Å². The van der Waals surface area contributed by atoms with Crippen LogP contribution in [0.2, 0.25) is 0 Å². The standard InChI is InChI=1S/C10H13N5OS/c1-7-13-9(6-17-7)5-15-4-8(2-10(15)16)3-12-14-11/h6,8H,2-5H2,1H3. The number of rotatable bonds is 4. The smallest absolute Gasteiger partial charge is 0.223 e. The van der Waals surface area contributed by atoms with Crippen molar-refractivity contribution in [1.29, 1.82) is 0 Å². The van der Waals surface area contributed by atoms with E-state index in [1.807, 2.05) is 12.3 Å². The fourth-order valence-electron chi connectivity index (χ4n) is 1.96. The Morgan fingerprint density at radius 2 is 2.59 bits per heavy atom. The van der Waals surface area contributed by atoms with E-state index in [4.69, 9.17) is 5.53 Å². The highest BCUT2D eigenvalue weighted by atomic mass is 32.1. The van der Waals surface area contributed by atoms with Gasteiger partial charge in [0.2, 0.25) is 5.91 Å². The molecule has 0 aromatic carbocycles. The number of carbonyl (C=O) groups excluding carboxylic acids is 1. The number of hydrogen-bond acceptors (Lipinski definition) is 4. The summed E-state index contributed by atoms with van der Waals surface area (Å²) in [6.07, 6.45) is 0.474. The number of azide groups is 1. The molecule has 90 valence electrons. The maximum absolute atomic E-state index is 11.7. The zero-order valence-electron chi connectivity index (χ0n) is 9.54. The Morgan fingerprint density at radius 3 is 3.24 bits per heavy atom. The minimum atomic E-state index is 0.119. The van der Waals surface area contributed by atoms with Gasteiger partial charge in [-0.25, -0.2) is 4.98 Å². The molecule has 0 aliphatic carbocycles. The largest absolute Gasteiger partial charge is 0.336 e. The van der Waals surface area contributed by atoms with Gasteiger partial charge in [-0.05, 0) is 18.4 Å². The lowest BCUT2D eigenvalue weighted by Crippen LogP contribution is -2.25. The summed E-state index contributed by atoms with van der Waals surface area (Å²) in [5.41, 5.74) is 9.18. The number of likely N-dealkylation sites (tertiary alicyclic amines) is 1. The molecule has 2 rings (SSSR count). The van der Waals surface area contributed by atoms with Crippen LogP contribution in [-0.2, 0) is 11.3 Å². The molecule has 1 aromatic heterocycles. The molecule has 0 N–H and O–H groups in total. The molecule has 7 heteroatoms. The third-order valence-corrected chi connectivity index (χ3v) is 3.54. The fraction of sp³-hybridized carbons (Fsp3) is 0.600. The van der Waals surface area contributed by atoms with Crippen molar-refractivity contribution in [3.8, 4) is 0 Å². The number of amides is 1. The van der Waals surface area contributed by atoms with Crippen LogP contribution >= 0.6 is 11.3 Å². The quantitative estimate of drug-likeness (QED) is 0.466.